The molecule has 5 rings (SSSR count). The molecule has 230 valence electrons. The summed E-state index contributed by atoms with van der Waals surface area (Å²) < 4.78 is 29.3. The van der Waals surface area contributed by atoms with Gasteiger partial charge in [0.15, 0.2) is 6.10 Å². The second-order valence-electron chi connectivity index (χ2n) is 10.2. The standard InChI is InChI=1S/C22H29NO6.C11H10INO/c1-3-26-20(22(24)25)14-28-18-11-7-10-17(12-18)27-13-19-15(2)29-21(23-19)16-8-5-4-6-9-16;1-8-10(7-12)13-11(14-8)9-5-3-2-4-6-9/h4-6,8-9,17-18,20H,3,7,10-14H2,1-2H3,(H,24,25);2-6H,7H2,1H3/t17-,18+,20?;/m0./s1. The van der Waals surface area contributed by atoms with E-state index in [0.29, 0.717) is 19.1 Å². The predicted molar refractivity (Wildman–Crippen MR) is 171 cm³/mol. The van der Waals surface area contributed by atoms with Crippen molar-refractivity contribution in [1.82, 2.24) is 9.97 Å². The number of rotatable bonds is 12. The molecule has 9 nitrogen and oxygen atoms in total. The summed E-state index contributed by atoms with van der Waals surface area (Å²) in [6, 6.07) is 19.7. The number of aromatic nitrogens is 2. The Kier molecular flexibility index (Phi) is 12.8. The van der Waals surface area contributed by atoms with E-state index in [1.165, 1.54) is 0 Å². The lowest BCUT2D eigenvalue weighted by atomic mass is 9.95. The Labute approximate surface area is 266 Å². The molecule has 2 heterocycles. The van der Waals surface area contributed by atoms with E-state index in [4.69, 9.17) is 28.2 Å². The van der Waals surface area contributed by atoms with E-state index in [-0.39, 0.29) is 18.8 Å². The normalized spacial score (nSPS) is 17.2. The molecule has 3 atom stereocenters. The largest absolute Gasteiger partial charge is 0.479 e. The Balaban J connectivity index is 0.000000251. The minimum atomic E-state index is -0.994. The van der Waals surface area contributed by atoms with E-state index in [1.807, 2.05) is 74.5 Å². The van der Waals surface area contributed by atoms with Gasteiger partial charge in [-0.05, 0) is 70.7 Å². The fourth-order valence-corrected chi connectivity index (χ4v) is 5.45. The minimum Gasteiger partial charge on any atom is -0.479 e. The summed E-state index contributed by atoms with van der Waals surface area (Å²) in [4.78, 5) is 20.2. The van der Waals surface area contributed by atoms with Gasteiger partial charge in [0, 0.05) is 22.2 Å². The summed E-state index contributed by atoms with van der Waals surface area (Å²) in [6.07, 6.45) is 2.69. The molecule has 0 saturated heterocycles. The molecule has 10 heteroatoms. The molecule has 2 aromatic heterocycles. The fraction of sp³-hybridized carbons (Fsp3) is 0.424. The van der Waals surface area contributed by atoms with Crippen LogP contribution in [0, 0.1) is 13.8 Å². The van der Waals surface area contributed by atoms with Crippen LogP contribution in [0.25, 0.3) is 22.9 Å². The van der Waals surface area contributed by atoms with Crippen LogP contribution < -0.4 is 0 Å². The molecule has 1 unspecified atom stereocenters. The lowest BCUT2D eigenvalue weighted by Gasteiger charge is -2.29. The summed E-state index contributed by atoms with van der Waals surface area (Å²) in [5.41, 5.74) is 3.81. The van der Waals surface area contributed by atoms with Crippen molar-refractivity contribution in [2.24, 2.45) is 0 Å². The van der Waals surface area contributed by atoms with Crippen molar-refractivity contribution in [1.29, 1.82) is 0 Å². The lowest BCUT2D eigenvalue weighted by Crippen LogP contribution is -2.34. The van der Waals surface area contributed by atoms with Crippen LogP contribution in [0.5, 0.6) is 0 Å². The molecular formula is C33H39IN2O7. The van der Waals surface area contributed by atoms with Gasteiger partial charge in [0.2, 0.25) is 11.8 Å². The molecule has 0 aliphatic heterocycles. The molecule has 1 aliphatic carbocycles. The van der Waals surface area contributed by atoms with Gasteiger partial charge in [0.1, 0.15) is 17.2 Å². The number of aryl methyl sites for hydroxylation is 2. The van der Waals surface area contributed by atoms with Crippen molar-refractivity contribution in [3.8, 4) is 22.9 Å². The molecule has 2 aromatic carbocycles. The monoisotopic (exact) mass is 702 g/mol. The first-order valence-electron chi connectivity index (χ1n) is 14.5. The Morgan fingerprint density at radius 2 is 1.44 bits per heavy atom. The molecular weight excluding hydrogens is 663 g/mol. The molecule has 0 bridgehead atoms. The van der Waals surface area contributed by atoms with E-state index in [2.05, 4.69) is 32.6 Å². The van der Waals surface area contributed by atoms with E-state index >= 15 is 0 Å². The maximum absolute atomic E-state index is 11.2. The van der Waals surface area contributed by atoms with Crippen molar-refractivity contribution >= 4 is 28.6 Å². The number of ether oxygens (including phenoxy) is 3. The number of hydrogen-bond acceptors (Lipinski definition) is 8. The third-order valence-electron chi connectivity index (χ3n) is 7.11. The maximum Gasteiger partial charge on any atom is 0.335 e. The lowest BCUT2D eigenvalue weighted by molar-refractivity contribution is -0.157. The Bertz CT molecular complexity index is 1410. The van der Waals surface area contributed by atoms with E-state index in [1.54, 1.807) is 6.92 Å². The van der Waals surface area contributed by atoms with Crippen molar-refractivity contribution in [2.75, 3.05) is 13.2 Å². The van der Waals surface area contributed by atoms with Gasteiger partial charge < -0.3 is 28.2 Å². The SMILES string of the molecule is CCOC(CO[C@@H]1CCC[C@H](OCc2nc(-c3ccccc3)oc2C)C1)C(=O)O.Cc1oc(-c2ccccc2)nc1CI. The number of hydrogen-bond donors (Lipinski definition) is 1. The highest BCUT2D eigenvalue weighted by molar-refractivity contribution is 14.1. The third kappa shape index (κ3) is 9.72. The molecule has 43 heavy (non-hydrogen) atoms. The Hall–Kier alpha value is -3.06. The fourth-order valence-electron chi connectivity index (χ4n) is 4.74. The first kappa shape index (κ1) is 32.8. The zero-order valence-corrected chi connectivity index (χ0v) is 27.0. The van der Waals surface area contributed by atoms with Crippen molar-refractivity contribution in [3.05, 3.63) is 83.6 Å². The van der Waals surface area contributed by atoms with Crippen molar-refractivity contribution in [2.45, 2.75) is 75.8 Å². The number of carboxylic acid groups (broad SMARTS) is 1. The van der Waals surface area contributed by atoms with Gasteiger partial charge in [-0.2, -0.15) is 0 Å². The van der Waals surface area contributed by atoms with Gasteiger partial charge in [-0.1, -0.05) is 59.0 Å². The smallest absolute Gasteiger partial charge is 0.335 e. The van der Waals surface area contributed by atoms with Crippen LogP contribution in [0.1, 0.15) is 55.5 Å². The Morgan fingerprint density at radius 3 is 1.95 bits per heavy atom. The van der Waals surface area contributed by atoms with Crippen molar-refractivity contribution < 1.29 is 32.9 Å². The van der Waals surface area contributed by atoms with Gasteiger partial charge in [-0.25, -0.2) is 14.8 Å². The van der Waals surface area contributed by atoms with Gasteiger partial charge >= 0.3 is 5.97 Å². The number of benzene rings is 2. The summed E-state index contributed by atoms with van der Waals surface area (Å²) in [5.74, 6) is 2.00. The topological polar surface area (TPSA) is 117 Å². The zero-order chi connectivity index (χ0) is 30.6. The molecule has 1 saturated carbocycles. The van der Waals surface area contributed by atoms with Crippen molar-refractivity contribution in [3.63, 3.8) is 0 Å². The van der Waals surface area contributed by atoms with Gasteiger partial charge in [-0.15, -0.1) is 0 Å². The molecule has 0 radical (unpaired) electrons. The molecule has 0 spiro atoms. The quantitative estimate of drug-likeness (QED) is 0.118. The number of oxazole rings is 2. The number of halogens is 1. The van der Waals surface area contributed by atoms with Crippen LogP contribution in [0.15, 0.2) is 69.5 Å². The highest BCUT2D eigenvalue weighted by atomic mass is 127. The highest BCUT2D eigenvalue weighted by Crippen LogP contribution is 2.27. The number of aliphatic carboxylic acids is 1. The second-order valence-corrected chi connectivity index (χ2v) is 11.0. The van der Waals surface area contributed by atoms with Crippen LogP contribution in [-0.4, -0.2) is 52.6 Å². The van der Waals surface area contributed by atoms with E-state index < -0.39 is 12.1 Å². The molecule has 4 aromatic rings. The van der Waals surface area contributed by atoms with Gasteiger partial charge in [-0.3, -0.25) is 0 Å². The number of alkyl halides is 1. The predicted octanol–water partition coefficient (Wildman–Crippen LogP) is 7.57. The van der Waals surface area contributed by atoms with Crippen LogP contribution in [0.3, 0.4) is 0 Å². The average Bonchev–Trinajstić information content (AvgIpc) is 3.61. The zero-order valence-electron chi connectivity index (χ0n) is 24.8. The highest BCUT2D eigenvalue weighted by Gasteiger charge is 2.26. The third-order valence-corrected chi connectivity index (χ3v) is 7.84. The number of carbonyl (C=O) groups is 1. The molecule has 1 fully saturated rings. The summed E-state index contributed by atoms with van der Waals surface area (Å²) in [5, 5.41) is 9.16. The van der Waals surface area contributed by atoms with Crippen LogP contribution in [0.4, 0.5) is 0 Å². The number of carboxylic acids is 1. The second kappa shape index (κ2) is 16.7. The summed E-state index contributed by atoms with van der Waals surface area (Å²) >= 11 is 2.29. The van der Waals surface area contributed by atoms with Crippen LogP contribution in [-0.2, 0) is 30.0 Å². The molecule has 1 N–H and O–H groups in total. The van der Waals surface area contributed by atoms with Gasteiger partial charge in [0.05, 0.1) is 31.1 Å². The summed E-state index contributed by atoms with van der Waals surface area (Å²) in [7, 11) is 0. The van der Waals surface area contributed by atoms with Crippen LogP contribution in [0.2, 0.25) is 0 Å². The summed E-state index contributed by atoms with van der Waals surface area (Å²) in [6.45, 7) is 6.41. The number of nitrogens with zero attached hydrogens (tertiary/aromatic N) is 2. The van der Waals surface area contributed by atoms with Crippen LogP contribution >= 0.6 is 22.6 Å². The molecule has 1 aliphatic rings. The molecule has 0 amide bonds. The van der Waals surface area contributed by atoms with E-state index in [0.717, 1.165) is 70.0 Å². The average molecular weight is 703 g/mol. The minimum absolute atomic E-state index is 0.0191. The first-order valence-corrected chi connectivity index (χ1v) is 16.1. The Morgan fingerprint density at radius 1 is 0.907 bits per heavy atom. The van der Waals surface area contributed by atoms with Gasteiger partial charge in [0.25, 0.3) is 0 Å². The first-order chi connectivity index (χ1) is 20.9. The van der Waals surface area contributed by atoms with E-state index in [9.17, 15) is 4.79 Å². The maximum atomic E-state index is 11.2.